The van der Waals surface area contributed by atoms with Crippen molar-refractivity contribution in [1.29, 1.82) is 0 Å². The van der Waals surface area contributed by atoms with Gasteiger partial charge in [-0.25, -0.2) is 8.42 Å². The summed E-state index contributed by atoms with van der Waals surface area (Å²) in [7, 11) is -4.67. The maximum Gasteiger partial charge on any atom is 0.295 e. The highest BCUT2D eigenvalue weighted by Gasteiger charge is 2.17. The summed E-state index contributed by atoms with van der Waals surface area (Å²) in [5.41, 5.74) is 6.88. The molecule has 0 aliphatic carbocycles. The Balaban J connectivity index is 0.000000216. The molecule has 12 heteroatoms. The number of nitro groups is 1. The van der Waals surface area contributed by atoms with Gasteiger partial charge in [-0.05, 0) is 18.6 Å². The van der Waals surface area contributed by atoms with E-state index < -0.39 is 25.6 Å². The van der Waals surface area contributed by atoms with Crippen LogP contribution in [0.25, 0.3) is 0 Å². The van der Waals surface area contributed by atoms with Crippen LogP contribution in [0, 0.1) is 30.9 Å². The van der Waals surface area contributed by atoms with E-state index >= 15 is 0 Å². The summed E-state index contributed by atoms with van der Waals surface area (Å²) in [6, 6.07) is 11.0. The van der Waals surface area contributed by atoms with Gasteiger partial charge in [0.05, 0.1) is 15.5 Å². The Bertz CT molecular complexity index is 1170. The number of anilines is 1. The number of nitrogen functional groups attached to an aromatic ring is 2. The number of aromatic nitrogens is 3. The maximum atomic E-state index is 10.5. The van der Waals surface area contributed by atoms with Gasteiger partial charge in [-0.3, -0.25) is 16.0 Å². The molecule has 0 amide bonds. The Morgan fingerprint density at radius 2 is 1.73 bits per heavy atom. The van der Waals surface area contributed by atoms with Gasteiger partial charge in [0.15, 0.2) is 0 Å². The molecule has 0 saturated carbocycles. The Labute approximate surface area is 173 Å². The first-order chi connectivity index (χ1) is 13.9. The summed E-state index contributed by atoms with van der Waals surface area (Å²) in [4.78, 5) is 8.85. The average Bonchev–Trinajstić information content (AvgIpc) is 2.90. The molecule has 1 aromatic heterocycles. The summed E-state index contributed by atoms with van der Waals surface area (Å²) in [5, 5.41) is 14.6. The molecule has 0 aliphatic heterocycles. The van der Waals surface area contributed by atoms with Gasteiger partial charge >= 0.3 is 0 Å². The molecule has 1 heterocycles. The second-order valence-corrected chi connectivity index (χ2v) is 7.89. The smallest absolute Gasteiger partial charge is 0.295 e. The van der Waals surface area contributed by atoms with Gasteiger partial charge in [-0.1, -0.05) is 29.8 Å². The fraction of sp³-hybridized carbons (Fsp3) is 0.222. The van der Waals surface area contributed by atoms with Crippen molar-refractivity contribution in [2.24, 2.45) is 0 Å². The van der Waals surface area contributed by atoms with E-state index in [0.29, 0.717) is 0 Å². The van der Waals surface area contributed by atoms with Gasteiger partial charge in [0.2, 0.25) is 0 Å². The van der Waals surface area contributed by atoms with E-state index in [2.05, 4.69) is 36.3 Å². The van der Waals surface area contributed by atoms with Gasteiger partial charge in [-0.2, -0.15) is 0 Å². The molecule has 0 spiro atoms. The lowest BCUT2D eigenvalue weighted by Crippen LogP contribution is -2.48. The molecule has 0 unspecified atom stereocenters. The number of rotatable bonds is 4. The summed E-state index contributed by atoms with van der Waals surface area (Å²) in [6.07, 6.45) is 0. The van der Waals surface area contributed by atoms with Crippen molar-refractivity contribution in [2.75, 3.05) is 11.6 Å². The molecule has 0 saturated heterocycles. The molecule has 0 aliphatic rings. The van der Waals surface area contributed by atoms with Gasteiger partial charge in [-0.15, -0.1) is 9.36 Å². The molecular weight excluding hydrogens is 412 g/mol. The minimum absolute atomic E-state index is 0.366. The first-order valence-corrected chi connectivity index (χ1v) is 10.1. The van der Waals surface area contributed by atoms with Crippen LogP contribution in [0.2, 0.25) is 0 Å². The third-order valence-electron chi connectivity index (χ3n) is 4.26. The van der Waals surface area contributed by atoms with Crippen LogP contribution in [0.4, 0.5) is 11.4 Å². The van der Waals surface area contributed by atoms with Gasteiger partial charge < -0.3 is 10.3 Å². The zero-order valence-electron chi connectivity index (χ0n) is 16.6. The highest BCUT2D eigenvalue weighted by atomic mass is 32.2. The van der Waals surface area contributed by atoms with Crippen LogP contribution >= 0.6 is 0 Å². The van der Waals surface area contributed by atoms with Gasteiger partial charge in [0, 0.05) is 31.1 Å². The van der Waals surface area contributed by atoms with Gasteiger partial charge in [0.1, 0.15) is 16.7 Å². The molecular formula is C18H22N6O5S. The van der Waals surface area contributed by atoms with Crippen LogP contribution in [0.1, 0.15) is 22.8 Å². The fourth-order valence-electron chi connectivity index (χ4n) is 2.55. The normalized spacial score (nSPS) is 10.9. The predicted molar refractivity (Wildman–Crippen MR) is 108 cm³/mol. The van der Waals surface area contributed by atoms with E-state index in [-0.39, 0.29) is 5.69 Å². The number of non-ortho nitro benzene ring substituents is 1. The minimum Gasteiger partial charge on any atom is -0.744 e. The number of benzene rings is 2. The van der Waals surface area contributed by atoms with Crippen LogP contribution in [-0.2, 0) is 16.7 Å². The van der Waals surface area contributed by atoms with Crippen molar-refractivity contribution in [3.05, 3.63) is 75.4 Å². The van der Waals surface area contributed by atoms with E-state index in [0.717, 1.165) is 36.4 Å². The molecule has 3 rings (SSSR count). The lowest BCUT2D eigenvalue weighted by atomic mass is 10.1. The second-order valence-electron chi connectivity index (χ2n) is 6.54. The summed E-state index contributed by atoms with van der Waals surface area (Å²) in [5.74, 6) is 7.59. The standard InChI is InChI=1S/C12H17N4.C6H6N2O5S/c1-9-4-6-12(7-5-9)8-15-11(3)16(13)10(2)14-15;7-5-3-4(8(9)10)1-2-6(5)14(11,12)13/h4-7H,8,13H2,1-3H3;1-3H,7H2,(H,11,12,13)/q+1;/p-1. The number of nitrogens with zero attached hydrogens (tertiary/aromatic N) is 4. The van der Waals surface area contributed by atoms with E-state index in [1.165, 1.54) is 11.1 Å². The first kappa shape index (κ1) is 22.8. The molecule has 0 radical (unpaired) electrons. The van der Waals surface area contributed by atoms with Gasteiger partial charge in [0.25, 0.3) is 17.3 Å². The molecule has 2 aromatic carbocycles. The molecule has 160 valence electrons. The summed E-state index contributed by atoms with van der Waals surface area (Å²) in [6.45, 7) is 6.71. The van der Waals surface area contributed by atoms with Crippen molar-refractivity contribution < 1.29 is 22.6 Å². The van der Waals surface area contributed by atoms with Crippen molar-refractivity contribution >= 4 is 21.5 Å². The molecule has 11 nitrogen and oxygen atoms in total. The van der Waals surface area contributed by atoms with Crippen molar-refractivity contribution in [2.45, 2.75) is 32.2 Å². The molecule has 4 N–H and O–H groups in total. The highest BCUT2D eigenvalue weighted by molar-refractivity contribution is 7.86. The Hall–Kier alpha value is -3.51. The molecule has 0 atom stereocenters. The van der Waals surface area contributed by atoms with Crippen LogP contribution in [0.15, 0.2) is 47.4 Å². The largest absolute Gasteiger partial charge is 0.744 e. The van der Waals surface area contributed by atoms with Crippen molar-refractivity contribution in [3.63, 3.8) is 0 Å². The van der Waals surface area contributed by atoms with E-state index in [4.69, 9.17) is 11.6 Å². The summed E-state index contributed by atoms with van der Waals surface area (Å²) < 4.78 is 35.1. The lowest BCUT2D eigenvalue weighted by molar-refractivity contribution is -0.652. The maximum absolute atomic E-state index is 10.5. The molecule has 3 aromatic rings. The number of hydrogen-bond donors (Lipinski definition) is 2. The highest BCUT2D eigenvalue weighted by Crippen LogP contribution is 2.23. The van der Waals surface area contributed by atoms with Crippen molar-refractivity contribution in [1.82, 2.24) is 9.78 Å². The third-order valence-corrected chi connectivity index (χ3v) is 5.17. The summed E-state index contributed by atoms with van der Waals surface area (Å²) >= 11 is 0. The zero-order chi connectivity index (χ0) is 22.6. The molecule has 0 bridgehead atoms. The molecule has 0 fully saturated rings. The Morgan fingerprint density at radius 1 is 1.13 bits per heavy atom. The van der Waals surface area contributed by atoms with Crippen LogP contribution < -0.4 is 16.3 Å². The van der Waals surface area contributed by atoms with E-state index in [1.54, 1.807) is 4.68 Å². The first-order valence-electron chi connectivity index (χ1n) is 8.66. The monoisotopic (exact) mass is 434 g/mol. The topological polar surface area (TPSA) is 174 Å². The number of aryl methyl sites for hydroxylation is 2. The minimum atomic E-state index is -4.67. The van der Waals surface area contributed by atoms with Crippen molar-refractivity contribution in [3.8, 4) is 0 Å². The fourth-order valence-corrected chi connectivity index (χ4v) is 3.13. The van der Waals surface area contributed by atoms with Crippen LogP contribution in [-0.4, -0.2) is 27.7 Å². The predicted octanol–water partition coefficient (Wildman–Crippen LogP) is 0.939. The van der Waals surface area contributed by atoms with Crippen LogP contribution in [0.3, 0.4) is 0 Å². The SMILES string of the molecule is Cc1ccc(Cn2nc(C)[n+](N)c2C)cc1.Nc1cc([N+](=O)[O-])ccc1S(=O)(=O)[O-]. The second kappa shape index (κ2) is 8.88. The molecule has 30 heavy (non-hydrogen) atoms. The van der Waals surface area contributed by atoms with E-state index in [9.17, 15) is 23.1 Å². The third kappa shape index (κ3) is 5.52. The zero-order valence-corrected chi connectivity index (χ0v) is 17.5. The number of nitro benzene ring substituents is 1. The quantitative estimate of drug-likeness (QED) is 0.152. The average molecular weight is 434 g/mol. The Kier molecular flexibility index (Phi) is 6.74. The van der Waals surface area contributed by atoms with Crippen LogP contribution in [0.5, 0.6) is 0 Å². The lowest BCUT2D eigenvalue weighted by Gasteiger charge is -2.08. The Morgan fingerprint density at radius 3 is 2.17 bits per heavy atom. The number of hydrogen-bond acceptors (Lipinski definition) is 8. The number of nitrogens with two attached hydrogens (primary N) is 2. The van der Waals surface area contributed by atoms with E-state index in [1.807, 2.05) is 18.5 Å².